The first-order valence-electron chi connectivity index (χ1n) is 4.96. The molecule has 0 unspecified atom stereocenters. The number of hydrogen-bond acceptors (Lipinski definition) is 4. The van der Waals surface area contributed by atoms with Gasteiger partial charge in [0.05, 0.1) is 6.61 Å². The Labute approximate surface area is 94.7 Å². The average molecular weight is 233 g/mol. The van der Waals surface area contributed by atoms with Gasteiger partial charge in [-0.25, -0.2) is 9.59 Å². The highest BCUT2D eigenvalue weighted by Gasteiger charge is 1.88. The quantitative estimate of drug-likeness (QED) is 0.435. The highest BCUT2D eigenvalue weighted by molar-refractivity contribution is 5.89. The summed E-state index contributed by atoms with van der Waals surface area (Å²) < 4.78 is 5.10. The molecule has 0 aliphatic rings. The van der Waals surface area contributed by atoms with Crippen molar-refractivity contribution in [2.75, 3.05) is 19.8 Å². The lowest BCUT2D eigenvalue weighted by Crippen LogP contribution is -2.08. The minimum Gasteiger partial charge on any atom is -0.478 e. The smallest absolute Gasteiger partial charge is 0.328 e. The fourth-order valence-corrected chi connectivity index (χ4v) is 0.574. The lowest BCUT2D eigenvalue weighted by molar-refractivity contribution is -0.134. The van der Waals surface area contributed by atoms with Gasteiger partial charge in [-0.15, -0.1) is 0 Å². The van der Waals surface area contributed by atoms with Crippen LogP contribution in [-0.4, -0.2) is 41.9 Å². The van der Waals surface area contributed by atoms with Crippen molar-refractivity contribution in [3.8, 4) is 0 Å². The van der Waals surface area contributed by atoms with Gasteiger partial charge in [0.1, 0.15) is 0 Å². The normalized spacial score (nSPS) is 9.62. The van der Waals surface area contributed by atoms with Gasteiger partial charge < -0.3 is 20.7 Å². The molecule has 0 aromatic rings. The first kappa shape index (κ1) is 17.0. The molecule has 16 heavy (non-hydrogen) atoms. The third-order valence-corrected chi connectivity index (χ3v) is 1.27. The SMILES string of the molecule is CCCCOCCN.O=C(O)/C=C\C(=O)O. The number of carboxylic acids is 2. The van der Waals surface area contributed by atoms with Crippen molar-refractivity contribution in [2.24, 2.45) is 5.73 Å². The number of nitrogens with two attached hydrogens (primary N) is 1. The van der Waals surface area contributed by atoms with Crippen molar-refractivity contribution < 1.29 is 24.5 Å². The summed E-state index contributed by atoms with van der Waals surface area (Å²) in [5.41, 5.74) is 5.19. The monoisotopic (exact) mass is 233 g/mol. The summed E-state index contributed by atoms with van der Waals surface area (Å²) in [6.45, 7) is 4.36. The van der Waals surface area contributed by atoms with Crippen LogP contribution in [0, 0.1) is 0 Å². The van der Waals surface area contributed by atoms with Crippen LogP contribution in [0.2, 0.25) is 0 Å². The Morgan fingerprint density at radius 3 is 2.00 bits per heavy atom. The molecule has 0 aliphatic carbocycles. The predicted octanol–water partition coefficient (Wildman–Crippen LogP) is 0.474. The van der Waals surface area contributed by atoms with Crippen LogP contribution >= 0.6 is 0 Å². The van der Waals surface area contributed by atoms with E-state index in [4.69, 9.17) is 20.7 Å². The number of rotatable bonds is 7. The molecule has 0 aromatic heterocycles. The minimum atomic E-state index is -1.26. The summed E-state index contributed by atoms with van der Waals surface area (Å²) in [6.07, 6.45) is 3.47. The number of carboxylic acid groups (broad SMARTS) is 2. The fourth-order valence-electron chi connectivity index (χ4n) is 0.574. The molecule has 0 aromatic carbocycles. The maximum Gasteiger partial charge on any atom is 0.328 e. The topological polar surface area (TPSA) is 110 Å². The third kappa shape index (κ3) is 22.9. The van der Waals surface area contributed by atoms with E-state index < -0.39 is 11.9 Å². The summed E-state index contributed by atoms with van der Waals surface area (Å²) >= 11 is 0. The van der Waals surface area contributed by atoms with E-state index >= 15 is 0 Å². The molecule has 0 bridgehead atoms. The van der Waals surface area contributed by atoms with Crippen molar-refractivity contribution >= 4 is 11.9 Å². The van der Waals surface area contributed by atoms with E-state index in [1.807, 2.05) is 0 Å². The second kappa shape index (κ2) is 13.6. The van der Waals surface area contributed by atoms with Crippen LogP contribution in [0.3, 0.4) is 0 Å². The Kier molecular flexibility index (Phi) is 14.5. The number of unbranched alkanes of at least 4 members (excludes halogenated alkanes) is 1. The zero-order valence-corrected chi connectivity index (χ0v) is 9.39. The van der Waals surface area contributed by atoms with E-state index in [0.29, 0.717) is 25.3 Å². The lowest BCUT2D eigenvalue weighted by Gasteiger charge is -1.97. The average Bonchev–Trinajstić information content (AvgIpc) is 2.23. The van der Waals surface area contributed by atoms with Gasteiger partial charge in [0.15, 0.2) is 0 Å². The van der Waals surface area contributed by atoms with E-state index in [9.17, 15) is 9.59 Å². The summed E-state index contributed by atoms with van der Waals surface area (Å²) in [7, 11) is 0. The molecule has 0 saturated carbocycles. The highest BCUT2D eigenvalue weighted by Crippen LogP contribution is 1.85. The summed E-state index contributed by atoms with van der Waals surface area (Å²) in [6, 6.07) is 0. The standard InChI is InChI=1S/C6H15NO.C4H4O4/c1-2-3-5-8-6-4-7;5-3(6)1-2-4(7)8/h2-7H2,1H3;1-2H,(H,5,6)(H,7,8)/b;2-1-. The predicted molar refractivity (Wildman–Crippen MR) is 59.2 cm³/mol. The van der Waals surface area contributed by atoms with Crippen molar-refractivity contribution in [1.29, 1.82) is 0 Å². The molecule has 0 radical (unpaired) electrons. The Bertz CT molecular complexity index is 193. The molecule has 4 N–H and O–H groups in total. The van der Waals surface area contributed by atoms with E-state index in [0.717, 1.165) is 13.0 Å². The Morgan fingerprint density at radius 2 is 1.69 bits per heavy atom. The summed E-state index contributed by atoms with van der Waals surface area (Å²) in [5, 5.41) is 15.6. The summed E-state index contributed by atoms with van der Waals surface area (Å²) in [4.78, 5) is 19.1. The van der Waals surface area contributed by atoms with E-state index in [-0.39, 0.29) is 0 Å². The van der Waals surface area contributed by atoms with Gasteiger partial charge in [-0.3, -0.25) is 0 Å². The van der Waals surface area contributed by atoms with E-state index in [2.05, 4.69) is 6.92 Å². The van der Waals surface area contributed by atoms with Crippen molar-refractivity contribution in [3.63, 3.8) is 0 Å². The molecular formula is C10H19NO5. The lowest BCUT2D eigenvalue weighted by atomic mass is 10.4. The van der Waals surface area contributed by atoms with Crippen LogP contribution in [0.5, 0.6) is 0 Å². The zero-order valence-electron chi connectivity index (χ0n) is 9.39. The van der Waals surface area contributed by atoms with Gasteiger partial charge in [-0.05, 0) is 6.42 Å². The third-order valence-electron chi connectivity index (χ3n) is 1.27. The minimum absolute atomic E-state index is 0.558. The molecule has 0 rings (SSSR count). The second-order valence-electron chi connectivity index (χ2n) is 2.76. The maximum atomic E-state index is 9.55. The van der Waals surface area contributed by atoms with E-state index in [1.165, 1.54) is 6.42 Å². The van der Waals surface area contributed by atoms with Crippen LogP contribution in [0.4, 0.5) is 0 Å². The molecule has 0 aliphatic heterocycles. The van der Waals surface area contributed by atoms with Gasteiger partial charge in [0.2, 0.25) is 0 Å². The van der Waals surface area contributed by atoms with Gasteiger partial charge >= 0.3 is 11.9 Å². The van der Waals surface area contributed by atoms with Crippen LogP contribution < -0.4 is 5.73 Å². The second-order valence-corrected chi connectivity index (χ2v) is 2.76. The van der Waals surface area contributed by atoms with Crippen molar-refractivity contribution in [3.05, 3.63) is 12.2 Å². The zero-order chi connectivity index (χ0) is 12.8. The van der Waals surface area contributed by atoms with Crippen LogP contribution in [0.1, 0.15) is 19.8 Å². The van der Waals surface area contributed by atoms with Gasteiger partial charge in [-0.1, -0.05) is 13.3 Å². The van der Waals surface area contributed by atoms with Crippen LogP contribution in [0.25, 0.3) is 0 Å². The number of aliphatic carboxylic acids is 2. The molecular weight excluding hydrogens is 214 g/mol. The van der Waals surface area contributed by atoms with Crippen molar-refractivity contribution in [2.45, 2.75) is 19.8 Å². The maximum absolute atomic E-state index is 9.55. The van der Waals surface area contributed by atoms with Gasteiger partial charge in [0.25, 0.3) is 0 Å². The summed E-state index contributed by atoms with van der Waals surface area (Å²) in [5.74, 6) is -2.51. The molecule has 94 valence electrons. The van der Waals surface area contributed by atoms with Crippen LogP contribution in [0.15, 0.2) is 12.2 Å². The van der Waals surface area contributed by atoms with Crippen LogP contribution in [-0.2, 0) is 14.3 Å². The molecule has 6 nitrogen and oxygen atoms in total. The fraction of sp³-hybridized carbons (Fsp3) is 0.600. The Morgan fingerprint density at radius 1 is 1.19 bits per heavy atom. The molecule has 6 heteroatoms. The Balaban J connectivity index is 0. The molecule has 0 heterocycles. The molecule has 0 saturated heterocycles. The molecule has 0 amide bonds. The molecule has 0 spiro atoms. The number of ether oxygens (including phenoxy) is 1. The van der Waals surface area contributed by atoms with E-state index in [1.54, 1.807) is 0 Å². The molecule has 0 atom stereocenters. The Hall–Kier alpha value is -1.40. The number of carbonyl (C=O) groups is 2. The van der Waals surface area contributed by atoms with Gasteiger partial charge in [0, 0.05) is 25.3 Å². The molecule has 0 fully saturated rings. The van der Waals surface area contributed by atoms with Gasteiger partial charge in [-0.2, -0.15) is 0 Å². The van der Waals surface area contributed by atoms with Crippen molar-refractivity contribution in [1.82, 2.24) is 0 Å². The number of hydrogen-bond donors (Lipinski definition) is 3. The first-order valence-corrected chi connectivity index (χ1v) is 4.96. The largest absolute Gasteiger partial charge is 0.478 e. The first-order chi connectivity index (χ1) is 7.54. The highest BCUT2D eigenvalue weighted by atomic mass is 16.5.